The van der Waals surface area contributed by atoms with Gasteiger partial charge in [0.1, 0.15) is 12.4 Å². The number of rotatable bonds is 5. The second kappa shape index (κ2) is 6.11. The van der Waals surface area contributed by atoms with E-state index in [0.717, 1.165) is 37.5 Å². The van der Waals surface area contributed by atoms with Crippen molar-refractivity contribution in [3.05, 3.63) is 18.1 Å². The summed E-state index contributed by atoms with van der Waals surface area (Å²) in [4.78, 5) is 10.6. The van der Waals surface area contributed by atoms with Gasteiger partial charge in [0.05, 0.1) is 0 Å². The van der Waals surface area contributed by atoms with Gasteiger partial charge in [-0.2, -0.15) is 0 Å². The van der Waals surface area contributed by atoms with Crippen LogP contribution in [0.2, 0.25) is 0 Å². The first-order valence-electron chi connectivity index (χ1n) is 6.52. The summed E-state index contributed by atoms with van der Waals surface area (Å²) in [6.07, 6.45) is 4.70. The van der Waals surface area contributed by atoms with E-state index in [9.17, 15) is 0 Å². The van der Waals surface area contributed by atoms with Gasteiger partial charge in [0.15, 0.2) is 0 Å². The lowest BCUT2D eigenvalue weighted by Crippen LogP contribution is -2.25. The minimum atomic E-state index is 0.252. The lowest BCUT2D eigenvalue weighted by atomic mass is 10.3. The van der Waals surface area contributed by atoms with Gasteiger partial charge in [0, 0.05) is 37.4 Å². The second-order valence-corrected chi connectivity index (χ2v) is 5.18. The molecule has 18 heavy (non-hydrogen) atoms. The van der Waals surface area contributed by atoms with Crippen LogP contribution in [0.1, 0.15) is 25.8 Å². The van der Waals surface area contributed by atoms with Gasteiger partial charge in [-0.1, -0.05) is 13.8 Å². The average Bonchev–Trinajstić information content (AvgIpc) is 2.73. The van der Waals surface area contributed by atoms with E-state index >= 15 is 0 Å². The highest BCUT2D eigenvalue weighted by atomic mass is 16.5. The zero-order valence-corrected chi connectivity index (χ0v) is 11.4. The van der Waals surface area contributed by atoms with Gasteiger partial charge in [0.2, 0.25) is 5.88 Å². The molecular weight excluding hydrogens is 228 g/mol. The number of nitrogens with zero attached hydrogens (tertiary/aromatic N) is 3. The van der Waals surface area contributed by atoms with Crippen LogP contribution in [-0.4, -0.2) is 47.2 Å². The number of aromatic nitrogens is 2. The van der Waals surface area contributed by atoms with Crippen molar-refractivity contribution >= 4 is 0 Å². The molecule has 1 fully saturated rings. The standard InChI is InChI=1S/C13H22N4O/c1-10(2)15-7-11-6-14-9-16-13(11)18-12-4-5-17(3)8-12/h6,9-10,12,15H,4-5,7-8H2,1-3H3. The number of likely N-dealkylation sites (tertiary alicyclic amines) is 1. The molecule has 1 unspecified atom stereocenters. The van der Waals surface area contributed by atoms with Crippen molar-refractivity contribution in [3.63, 3.8) is 0 Å². The predicted octanol–water partition coefficient (Wildman–Crippen LogP) is 1.06. The van der Waals surface area contributed by atoms with Crippen molar-refractivity contribution in [2.45, 2.75) is 39.0 Å². The first-order chi connectivity index (χ1) is 8.65. The molecule has 0 spiro atoms. The number of likely N-dealkylation sites (N-methyl/N-ethyl adjacent to an activating group) is 1. The molecule has 1 aliphatic rings. The molecule has 0 bridgehead atoms. The Hall–Kier alpha value is -1.20. The van der Waals surface area contributed by atoms with Crippen molar-refractivity contribution in [2.75, 3.05) is 20.1 Å². The molecule has 1 aliphatic heterocycles. The van der Waals surface area contributed by atoms with E-state index in [1.54, 1.807) is 6.33 Å². The highest BCUT2D eigenvalue weighted by molar-refractivity contribution is 5.22. The Morgan fingerprint density at radius 2 is 2.39 bits per heavy atom. The van der Waals surface area contributed by atoms with E-state index < -0.39 is 0 Å². The molecule has 0 radical (unpaired) electrons. The van der Waals surface area contributed by atoms with Gasteiger partial charge >= 0.3 is 0 Å². The van der Waals surface area contributed by atoms with E-state index in [0.29, 0.717) is 6.04 Å². The van der Waals surface area contributed by atoms with Crippen LogP contribution in [0.4, 0.5) is 0 Å². The lowest BCUT2D eigenvalue weighted by molar-refractivity contribution is 0.197. The van der Waals surface area contributed by atoms with E-state index in [1.807, 2.05) is 6.20 Å². The summed E-state index contributed by atoms with van der Waals surface area (Å²) >= 11 is 0. The van der Waals surface area contributed by atoms with E-state index in [4.69, 9.17) is 4.74 Å². The molecule has 2 rings (SSSR count). The van der Waals surface area contributed by atoms with Crippen molar-refractivity contribution in [2.24, 2.45) is 0 Å². The molecule has 0 aliphatic carbocycles. The maximum absolute atomic E-state index is 5.98. The molecule has 1 N–H and O–H groups in total. The molecule has 1 aromatic heterocycles. The molecule has 2 heterocycles. The maximum atomic E-state index is 5.98. The molecular formula is C13H22N4O. The highest BCUT2D eigenvalue weighted by Gasteiger charge is 2.22. The quantitative estimate of drug-likeness (QED) is 0.846. The van der Waals surface area contributed by atoms with Crippen molar-refractivity contribution in [3.8, 4) is 5.88 Å². The van der Waals surface area contributed by atoms with Crippen LogP contribution in [-0.2, 0) is 6.54 Å². The van der Waals surface area contributed by atoms with Crippen LogP contribution >= 0.6 is 0 Å². The van der Waals surface area contributed by atoms with Crippen LogP contribution in [0, 0.1) is 0 Å². The largest absolute Gasteiger partial charge is 0.473 e. The van der Waals surface area contributed by atoms with Crippen LogP contribution < -0.4 is 10.1 Å². The number of hydrogen-bond donors (Lipinski definition) is 1. The molecule has 5 nitrogen and oxygen atoms in total. The second-order valence-electron chi connectivity index (χ2n) is 5.18. The highest BCUT2D eigenvalue weighted by Crippen LogP contribution is 2.18. The van der Waals surface area contributed by atoms with E-state index in [2.05, 4.69) is 41.1 Å². The molecule has 0 amide bonds. The topological polar surface area (TPSA) is 50.3 Å². The molecule has 5 heteroatoms. The lowest BCUT2D eigenvalue weighted by Gasteiger charge is -2.16. The normalized spacial score (nSPS) is 20.6. The number of hydrogen-bond acceptors (Lipinski definition) is 5. The first-order valence-corrected chi connectivity index (χ1v) is 6.52. The summed E-state index contributed by atoms with van der Waals surface area (Å²) in [7, 11) is 2.12. The summed E-state index contributed by atoms with van der Waals surface area (Å²) < 4.78 is 5.98. The van der Waals surface area contributed by atoms with Crippen LogP contribution in [0.3, 0.4) is 0 Å². The average molecular weight is 250 g/mol. The smallest absolute Gasteiger partial charge is 0.221 e. The van der Waals surface area contributed by atoms with Crippen molar-refractivity contribution < 1.29 is 4.74 Å². The Kier molecular flexibility index (Phi) is 4.49. The third-order valence-corrected chi connectivity index (χ3v) is 3.07. The van der Waals surface area contributed by atoms with E-state index in [-0.39, 0.29) is 6.10 Å². The Balaban J connectivity index is 1.98. The fourth-order valence-corrected chi connectivity index (χ4v) is 2.04. The van der Waals surface area contributed by atoms with Crippen molar-refractivity contribution in [1.29, 1.82) is 0 Å². The molecule has 1 atom stereocenters. The Morgan fingerprint density at radius 1 is 1.56 bits per heavy atom. The SMILES string of the molecule is CC(C)NCc1cncnc1OC1CCN(C)C1. The van der Waals surface area contributed by atoms with Crippen LogP contribution in [0.5, 0.6) is 5.88 Å². The fourth-order valence-electron chi connectivity index (χ4n) is 2.04. The van der Waals surface area contributed by atoms with Gasteiger partial charge < -0.3 is 15.0 Å². The van der Waals surface area contributed by atoms with Gasteiger partial charge in [-0.15, -0.1) is 0 Å². The van der Waals surface area contributed by atoms with Gasteiger partial charge in [0.25, 0.3) is 0 Å². The fraction of sp³-hybridized carbons (Fsp3) is 0.692. The third kappa shape index (κ3) is 3.65. The Morgan fingerprint density at radius 3 is 3.06 bits per heavy atom. The predicted molar refractivity (Wildman–Crippen MR) is 70.5 cm³/mol. The Bertz CT molecular complexity index is 383. The van der Waals surface area contributed by atoms with Gasteiger partial charge in [-0.25, -0.2) is 9.97 Å². The maximum Gasteiger partial charge on any atom is 0.221 e. The summed E-state index contributed by atoms with van der Waals surface area (Å²) in [5.41, 5.74) is 1.03. The number of nitrogens with one attached hydrogen (secondary N) is 1. The molecule has 1 saturated heterocycles. The van der Waals surface area contributed by atoms with E-state index in [1.165, 1.54) is 0 Å². The van der Waals surface area contributed by atoms with Crippen LogP contribution in [0.25, 0.3) is 0 Å². The Labute approximate surface area is 109 Å². The van der Waals surface area contributed by atoms with Crippen LogP contribution in [0.15, 0.2) is 12.5 Å². The van der Waals surface area contributed by atoms with Gasteiger partial charge in [-0.05, 0) is 13.5 Å². The minimum absolute atomic E-state index is 0.252. The molecule has 1 aromatic rings. The minimum Gasteiger partial charge on any atom is -0.473 e. The monoisotopic (exact) mass is 250 g/mol. The zero-order valence-electron chi connectivity index (χ0n) is 11.4. The third-order valence-electron chi connectivity index (χ3n) is 3.07. The molecule has 100 valence electrons. The van der Waals surface area contributed by atoms with Crippen molar-refractivity contribution in [1.82, 2.24) is 20.2 Å². The summed E-state index contributed by atoms with van der Waals surface area (Å²) in [5, 5.41) is 3.37. The summed E-state index contributed by atoms with van der Waals surface area (Å²) in [6.45, 7) is 7.05. The number of ether oxygens (including phenoxy) is 1. The summed E-state index contributed by atoms with van der Waals surface area (Å²) in [6, 6.07) is 0.440. The van der Waals surface area contributed by atoms with Gasteiger partial charge in [-0.3, -0.25) is 0 Å². The molecule has 0 aromatic carbocycles. The first kappa shape index (κ1) is 13.2. The molecule has 0 saturated carbocycles. The zero-order chi connectivity index (χ0) is 13.0. The summed E-state index contributed by atoms with van der Waals surface area (Å²) in [5.74, 6) is 0.721.